The van der Waals surface area contributed by atoms with Crippen LogP contribution in [-0.2, 0) is 35.0 Å². The van der Waals surface area contributed by atoms with E-state index < -0.39 is 5.92 Å². The van der Waals surface area contributed by atoms with Crippen molar-refractivity contribution in [3.8, 4) is 11.1 Å². The predicted molar refractivity (Wildman–Crippen MR) is 217 cm³/mol. The van der Waals surface area contributed by atoms with Crippen molar-refractivity contribution in [1.82, 2.24) is 0 Å². The van der Waals surface area contributed by atoms with Crippen LogP contribution < -0.4 is 11.1 Å². The number of halogens is 1. The number of methoxy groups -OCH3 is 1. The van der Waals surface area contributed by atoms with E-state index in [-0.39, 0.29) is 29.8 Å². The molecule has 1 aliphatic carbocycles. The summed E-state index contributed by atoms with van der Waals surface area (Å²) in [5.74, 6) is 0.351. The van der Waals surface area contributed by atoms with E-state index in [0.29, 0.717) is 107 Å². The van der Waals surface area contributed by atoms with Gasteiger partial charge in [0.25, 0.3) is 0 Å². The van der Waals surface area contributed by atoms with Gasteiger partial charge < -0.3 is 30.0 Å². The Balaban J connectivity index is 1.14. The molecule has 2 aliphatic rings. The fourth-order valence-electron chi connectivity index (χ4n) is 6.90. The van der Waals surface area contributed by atoms with Crippen LogP contribution in [0.3, 0.4) is 0 Å². The summed E-state index contributed by atoms with van der Waals surface area (Å²) in [7, 11) is 1.63. The Hall–Kier alpha value is -4.17. The van der Waals surface area contributed by atoms with E-state index in [9.17, 15) is 14.4 Å². The summed E-state index contributed by atoms with van der Waals surface area (Å²) >= 11 is 6.71. The first kappa shape index (κ1) is 43.0. The van der Waals surface area contributed by atoms with Crippen LogP contribution in [-0.4, -0.2) is 89.9 Å². The molecule has 300 valence electrons. The standard InChI is InChI=1S/C43H54ClN5O7/c1-53-19-20-55-23-24-56-22-21-54-18-2-3-40(50)35-14-17-38(39(44)26-35)32-8-4-30(5-9-32)25-36(27-41(51)33-10-6-31(28-45)7-11-33)43(52)48-37-15-12-34(13-16-37)42-46-29-47-49-42/h4-5,8-9,12-17,26,31,33,36H,2-3,6-7,10-11,18-25,27-29,45H2,1H3,(H,48,52)/t31?,33?,36-/m1/s1. The number of ether oxygens (including phenoxy) is 4. The molecule has 0 aromatic heterocycles. The van der Waals surface area contributed by atoms with Gasteiger partial charge in [-0.1, -0.05) is 48.0 Å². The van der Waals surface area contributed by atoms with E-state index in [4.69, 9.17) is 36.3 Å². The highest BCUT2D eigenvalue weighted by Gasteiger charge is 2.30. The number of nitrogens with zero attached hydrogens (tertiary/aromatic N) is 3. The Kier molecular flexibility index (Phi) is 17.8. The second-order valence-electron chi connectivity index (χ2n) is 14.2. The average Bonchev–Trinajstić information content (AvgIpc) is 3.77. The number of nitrogens with one attached hydrogen (secondary N) is 1. The first-order valence-electron chi connectivity index (χ1n) is 19.5. The third kappa shape index (κ3) is 13.5. The van der Waals surface area contributed by atoms with Crippen LogP contribution in [0.2, 0.25) is 5.02 Å². The Morgan fingerprint density at radius 3 is 2.12 bits per heavy atom. The molecule has 0 unspecified atom stereocenters. The number of rotatable bonds is 24. The second kappa shape index (κ2) is 23.2. The summed E-state index contributed by atoms with van der Waals surface area (Å²) in [6.07, 6.45) is 5.01. The zero-order valence-electron chi connectivity index (χ0n) is 32.3. The van der Waals surface area contributed by atoms with Crippen LogP contribution in [0, 0.1) is 17.8 Å². The van der Waals surface area contributed by atoms with Crippen molar-refractivity contribution in [2.45, 2.75) is 51.4 Å². The molecule has 1 saturated carbocycles. The summed E-state index contributed by atoms with van der Waals surface area (Å²) in [6, 6.07) is 20.5. The Labute approximate surface area is 334 Å². The van der Waals surface area contributed by atoms with Crippen molar-refractivity contribution in [1.29, 1.82) is 0 Å². The first-order chi connectivity index (χ1) is 27.3. The maximum Gasteiger partial charge on any atom is 0.228 e. The molecule has 1 fully saturated rings. The van der Waals surface area contributed by atoms with Crippen molar-refractivity contribution >= 4 is 40.6 Å². The topological polar surface area (TPSA) is 163 Å². The van der Waals surface area contributed by atoms with E-state index in [0.717, 1.165) is 47.9 Å². The third-order valence-electron chi connectivity index (χ3n) is 10.2. The van der Waals surface area contributed by atoms with E-state index in [2.05, 4.69) is 20.5 Å². The summed E-state index contributed by atoms with van der Waals surface area (Å²) in [4.78, 5) is 44.5. The minimum absolute atomic E-state index is 0.00114. The van der Waals surface area contributed by atoms with Gasteiger partial charge in [-0.15, -0.1) is 5.11 Å². The van der Waals surface area contributed by atoms with Crippen LogP contribution in [0.1, 0.15) is 66.4 Å². The van der Waals surface area contributed by atoms with Crippen molar-refractivity contribution < 1.29 is 33.3 Å². The van der Waals surface area contributed by atoms with Crippen molar-refractivity contribution in [3.63, 3.8) is 0 Å². The molecule has 5 rings (SSSR count). The average molecular weight is 788 g/mol. The lowest BCUT2D eigenvalue weighted by Crippen LogP contribution is -2.31. The van der Waals surface area contributed by atoms with Gasteiger partial charge in [-0.3, -0.25) is 14.4 Å². The number of ketones is 2. The number of amidine groups is 1. The molecule has 3 N–H and O–H groups in total. The van der Waals surface area contributed by atoms with Crippen LogP contribution in [0.4, 0.5) is 5.69 Å². The van der Waals surface area contributed by atoms with Crippen LogP contribution in [0.5, 0.6) is 0 Å². The molecule has 3 aromatic rings. The SMILES string of the molecule is COCCOCCOCCOCCCC(=O)c1ccc(-c2ccc(C[C@H](CC(=O)C3CCC(CN)CC3)C(=O)Nc3ccc(C4=NCN=N4)cc3)cc2)c(Cl)c1. The Bertz CT molecular complexity index is 1780. The monoisotopic (exact) mass is 787 g/mol. The van der Waals surface area contributed by atoms with Crippen LogP contribution in [0.15, 0.2) is 82.0 Å². The molecule has 0 radical (unpaired) electrons. The lowest BCUT2D eigenvalue weighted by Gasteiger charge is -2.27. The molecule has 0 saturated heterocycles. The van der Waals surface area contributed by atoms with Crippen LogP contribution in [0.25, 0.3) is 11.1 Å². The summed E-state index contributed by atoms with van der Waals surface area (Å²) in [5, 5.41) is 11.4. The molecule has 1 heterocycles. The van der Waals surface area contributed by atoms with Gasteiger partial charge in [-0.25, -0.2) is 4.99 Å². The van der Waals surface area contributed by atoms with Gasteiger partial charge in [-0.2, -0.15) is 5.11 Å². The highest BCUT2D eigenvalue weighted by Crippen LogP contribution is 2.32. The van der Waals surface area contributed by atoms with Crippen molar-refractivity contribution in [3.05, 3.63) is 88.4 Å². The number of aliphatic imine (C=N–C) groups is 1. The zero-order valence-corrected chi connectivity index (χ0v) is 33.0. The molecule has 56 heavy (non-hydrogen) atoms. The summed E-state index contributed by atoms with van der Waals surface area (Å²) in [5.41, 5.74) is 10.5. The van der Waals surface area contributed by atoms with Gasteiger partial charge >= 0.3 is 0 Å². The lowest BCUT2D eigenvalue weighted by atomic mass is 9.77. The van der Waals surface area contributed by atoms with Crippen molar-refractivity contribution in [2.75, 3.05) is 71.9 Å². The fraction of sp³-hybridized carbons (Fsp3) is 0.488. The van der Waals surface area contributed by atoms with Gasteiger partial charge in [0.1, 0.15) is 5.78 Å². The molecule has 0 bridgehead atoms. The molecule has 3 aromatic carbocycles. The second-order valence-corrected chi connectivity index (χ2v) is 14.6. The Morgan fingerprint density at radius 2 is 1.50 bits per heavy atom. The van der Waals surface area contributed by atoms with Gasteiger partial charge in [-0.05, 0) is 92.4 Å². The fourth-order valence-corrected chi connectivity index (χ4v) is 7.19. The van der Waals surface area contributed by atoms with E-state index in [1.165, 1.54) is 0 Å². The number of carbonyl (C=O) groups excluding carboxylic acids is 3. The molecule has 0 spiro atoms. The number of nitrogens with two attached hydrogens (primary N) is 1. The van der Waals surface area contributed by atoms with Gasteiger partial charge in [0.05, 0.1) is 39.6 Å². The highest BCUT2D eigenvalue weighted by atomic mass is 35.5. The quantitative estimate of drug-likeness (QED) is 0.0703. The van der Waals surface area contributed by atoms with Gasteiger partial charge in [0, 0.05) is 65.8 Å². The zero-order chi connectivity index (χ0) is 39.5. The third-order valence-corrected chi connectivity index (χ3v) is 10.5. The summed E-state index contributed by atoms with van der Waals surface area (Å²) < 4.78 is 21.3. The number of Topliss-reactive ketones (excluding diaryl/α,β-unsaturated/α-hetero) is 2. The Morgan fingerprint density at radius 1 is 0.839 bits per heavy atom. The molecule has 12 nitrogen and oxygen atoms in total. The number of carbonyl (C=O) groups is 3. The van der Waals surface area contributed by atoms with E-state index in [1.807, 2.05) is 54.6 Å². The maximum atomic E-state index is 13.8. The minimum atomic E-state index is -0.558. The lowest BCUT2D eigenvalue weighted by molar-refractivity contribution is -0.129. The molecule has 1 amide bonds. The largest absolute Gasteiger partial charge is 0.382 e. The molecule has 1 aliphatic heterocycles. The number of amides is 1. The normalized spacial score (nSPS) is 17.1. The molecular weight excluding hydrogens is 734 g/mol. The highest BCUT2D eigenvalue weighted by molar-refractivity contribution is 6.33. The predicted octanol–water partition coefficient (Wildman–Crippen LogP) is 7.36. The molecule has 13 heteroatoms. The number of azo groups is 1. The molecular formula is C43H54ClN5O7. The number of hydrogen-bond donors (Lipinski definition) is 2. The first-order valence-corrected chi connectivity index (χ1v) is 19.9. The number of hydrogen-bond acceptors (Lipinski definition) is 11. The van der Waals surface area contributed by atoms with Crippen LogP contribution >= 0.6 is 11.6 Å². The van der Waals surface area contributed by atoms with Gasteiger partial charge in [0.15, 0.2) is 18.3 Å². The number of anilines is 1. The van der Waals surface area contributed by atoms with E-state index in [1.54, 1.807) is 19.2 Å². The summed E-state index contributed by atoms with van der Waals surface area (Å²) in [6.45, 7) is 4.45. The minimum Gasteiger partial charge on any atom is -0.382 e. The number of benzene rings is 3. The van der Waals surface area contributed by atoms with Gasteiger partial charge in [0.2, 0.25) is 5.91 Å². The maximum absolute atomic E-state index is 13.8. The smallest absolute Gasteiger partial charge is 0.228 e. The van der Waals surface area contributed by atoms with Crippen molar-refractivity contribution in [2.24, 2.45) is 38.7 Å². The molecule has 1 atom stereocenters. The van der Waals surface area contributed by atoms with E-state index >= 15 is 0 Å².